The standard InChI is InChI=1S/C30H52O3/c1-25(2)21-12-17-29(7)22(27(21,5)15-13-23(25)31)10-9-19-20(11-16-28(19,29)6)30(8)18-14-24(33-30)26(3,4)32/h19-24,31-32H,9-18H2,1-8H3/t19?,20?,21?,22?,23-,24?,27-,28-,29+,30-/m0/s1. The molecule has 5 rings (SSSR count). The van der Waals surface area contributed by atoms with Crippen molar-refractivity contribution < 1.29 is 14.9 Å². The van der Waals surface area contributed by atoms with E-state index in [-0.39, 0.29) is 23.2 Å². The summed E-state index contributed by atoms with van der Waals surface area (Å²) in [6.07, 6.45) is 11.9. The van der Waals surface area contributed by atoms with Crippen LogP contribution in [-0.4, -0.2) is 33.6 Å². The first kappa shape index (κ1) is 24.6. The van der Waals surface area contributed by atoms with Crippen molar-refractivity contribution in [1.82, 2.24) is 0 Å². The van der Waals surface area contributed by atoms with E-state index in [1.54, 1.807) is 0 Å². The molecule has 0 amide bonds. The molecule has 0 aromatic rings. The number of fused-ring (bicyclic) bond motifs is 5. The van der Waals surface area contributed by atoms with E-state index in [0.29, 0.717) is 28.1 Å². The van der Waals surface area contributed by atoms with Gasteiger partial charge in [-0.05, 0) is 130 Å². The molecule has 0 aromatic heterocycles. The topological polar surface area (TPSA) is 49.7 Å². The molecule has 3 nitrogen and oxygen atoms in total. The average Bonchev–Trinajstić information content (AvgIpc) is 3.27. The Labute approximate surface area is 203 Å². The number of aliphatic hydroxyl groups excluding tert-OH is 1. The molecule has 33 heavy (non-hydrogen) atoms. The molecule has 1 aliphatic heterocycles. The van der Waals surface area contributed by atoms with Gasteiger partial charge in [-0.25, -0.2) is 0 Å². The average molecular weight is 461 g/mol. The largest absolute Gasteiger partial charge is 0.393 e. The van der Waals surface area contributed by atoms with E-state index in [2.05, 4.69) is 41.5 Å². The Morgan fingerprint density at radius 1 is 0.697 bits per heavy atom. The van der Waals surface area contributed by atoms with Gasteiger partial charge in [0.1, 0.15) is 0 Å². The van der Waals surface area contributed by atoms with Crippen LogP contribution in [0.1, 0.15) is 120 Å². The molecule has 3 heteroatoms. The first-order chi connectivity index (χ1) is 15.1. The molecule has 2 N–H and O–H groups in total. The summed E-state index contributed by atoms with van der Waals surface area (Å²) in [4.78, 5) is 0. The minimum atomic E-state index is -0.755. The fourth-order valence-electron chi connectivity index (χ4n) is 11.1. The molecule has 1 saturated heterocycles. The number of hydrogen-bond acceptors (Lipinski definition) is 3. The van der Waals surface area contributed by atoms with Gasteiger partial charge in [-0.2, -0.15) is 0 Å². The summed E-state index contributed by atoms with van der Waals surface area (Å²) in [5.74, 6) is 2.73. The van der Waals surface area contributed by atoms with Crippen LogP contribution in [0.25, 0.3) is 0 Å². The second-order valence-corrected chi connectivity index (χ2v) is 15.3. The summed E-state index contributed by atoms with van der Waals surface area (Å²) in [7, 11) is 0. The second kappa shape index (κ2) is 7.22. The minimum absolute atomic E-state index is 0.0293. The van der Waals surface area contributed by atoms with Gasteiger partial charge >= 0.3 is 0 Å². The predicted octanol–water partition coefficient (Wildman–Crippen LogP) is 6.74. The Bertz CT molecular complexity index is 784. The van der Waals surface area contributed by atoms with E-state index < -0.39 is 5.60 Å². The van der Waals surface area contributed by atoms with E-state index in [9.17, 15) is 10.2 Å². The van der Waals surface area contributed by atoms with Crippen LogP contribution in [-0.2, 0) is 4.74 Å². The zero-order valence-corrected chi connectivity index (χ0v) is 22.8. The SMILES string of the molecule is CC(C)(O)C1CC[C@@](C)(C2CC[C@@]3(C)C2CCC2[C@@]4(C)CC[C@H](O)C(C)(C)C4CC[C@]23C)O1. The zero-order chi connectivity index (χ0) is 24.2. The smallest absolute Gasteiger partial charge is 0.0865 e. The maximum atomic E-state index is 10.9. The lowest BCUT2D eigenvalue weighted by molar-refractivity contribution is -0.227. The normalized spacial score (nSPS) is 56.2. The fraction of sp³-hybridized carbons (Fsp3) is 1.00. The van der Waals surface area contributed by atoms with Crippen LogP contribution in [0.15, 0.2) is 0 Å². The van der Waals surface area contributed by atoms with Crippen LogP contribution in [0.2, 0.25) is 0 Å². The number of hydrogen-bond donors (Lipinski definition) is 2. The molecule has 0 bridgehead atoms. The van der Waals surface area contributed by atoms with Crippen LogP contribution >= 0.6 is 0 Å². The maximum absolute atomic E-state index is 10.9. The van der Waals surface area contributed by atoms with Gasteiger partial charge in [0.15, 0.2) is 0 Å². The summed E-state index contributed by atoms with van der Waals surface area (Å²) in [5, 5.41) is 21.5. The molecule has 5 aliphatic rings. The Hall–Kier alpha value is -0.120. The van der Waals surface area contributed by atoms with Gasteiger partial charge in [-0.15, -0.1) is 0 Å². The highest BCUT2D eigenvalue weighted by molar-refractivity contribution is 5.18. The lowest BCUT2D eigenvalue weighted by atomic mass is 9.35. The van der Waals surface area contributed by atoms with Crippen molar-refractivity contribution in [2.24, 2.45) is 45.3 Å². The summed E-state index contributed by atoms with van der Waals surface area (Å²) < 4.78 is 6.73. The van der Waals surface area contributed by atoms with E-state index in [1.807, 2.05) is 13.8 Å². The molecule has 0 radical (unpaired) electrons. The van der Waals surface area contributed by atoms with Crippen LogP contribution in [0.4, 0.5) is 0 Å². The zero-order valence-electron chi connectivity index (χ0n) is 22.8. The van der Waals surface area contributed by atoms with Crippen molar-refractivity contribution in [3.63, 3.8) is 0 Å². The van der Waals surface area contributed by atoms with Gasteiger partial charge in [-0.3, -0.25) is 0 Å². The van der Waals surface area contributed by atoms with Crippen molar-refractivity contribution in [3.8, 4) is 0 Å². The van der Waals surface area contributed by atoms with E-state index in [4.69, 9.17) is 4.74 Å². The molecule has 0 aromatic carbocycles. The quantitative estimate of drug-likeness (QED) is 0.480. The van der Waals surface area contributed by atoms with E-state index in [1.165, 1.54) is 44.9 Å². The van der Waals surface area contributed by atoms with Crippen LogP contribution in [0.3, 0.4) is 0 Å². The molecule has 4 aliphatic carbocycles. The molecule has 0 spiro atoms. The predicted molar refractivity (Wildman–Crippen MR) is 134 cm³/mol. The maximum Gasteiger partial charge on any atom is 0.0865 e. The van der Waals surface area contributed by atoms with Gasteiger partial charge in [0.25, 0.3) is 0 Å². The van der Waals surface area contributed by atoms with Crippen molar-refractivity contribution in [1.29, 1.82) is 0 Å². The summed E-state index contributed by atoms with van der Waals surface area (Å²) in [6.45, 7) is 18.8. The lowest BCUT2D eigenvalue weighted by Crippen LogP contribution is -2.64. The number of ether oxygens (including phenoxy) is 1. The highest BCUT2D eigenvalue weighted by Gasteiger charge is 2.70. The number of aliphatic hydroxyl groups is 2. The highest BCUT2D eigenvalue weighted by atomic mass is 16.5. The molecular formula is C30H52O3. The third kappa shape index (κ3) is 3.16. The monoisotopic (exact) mass is 460 g/mol. The Morgan fingerprint density at radius 3 is 2.00 bits per heavy atom. The molecule has 1 heterocycles. The van der Waals surface area contributed by atoms with Gasteiger partial charge in [-0.1, -0.05) is 34.6 Å². The Kier molecular flexibility index (Phi) is 5.38. The van der Waals surface area contributed by atoms with Crippen LogP contribution in [0.5, 0.6) is 0 Å². The van der Waals surface area contributed by atoms with Crippen LogP contribution < -0.4 is 0 Å². The summed E-state index contributed by atoms with van der Waals surface area (Å²) in [5.41, 5.74) is 0.277. The third-order valence-electron chi connectivity index (χ3n) is 13.3. The van der Waals surface area contributed by atoms with Crippen molar-refractivity contribution in [2.75, 3.05) is 0 Å². The van der Waals surface area contributed by atoms with Gasteiger partial charge in [0, 0.05) is 0 Å². The molecule has 190 valence electrons. The summed E-state index contributed by atoms with van der Waals surface area (Å²) in [6, 6.07) is 0. The minimum Gasteiger partial charge on any atom is -0.393 e. The van der Waals surface area contributed by atoms with Gasteiger partial charge < -0.3 is 14.9 Å². The summed E-state index contributed by atoms with van der Waals surface area (Å²) >= 11 is 0. The fourth-order valence-corrected chi connectivity index (χ4v) is 11.1. The Balaban J connectivity index is 1.44. The molecule has 5 unspecified atom stereocenters. The van der Waals surface area contributed by atoms with Gasteiger partial charge in [0.05, 0.1) is 23.4 Å². The first-order valence-electron chi connectivity index (χ1n) is 14.2. The molecule has 10 atom stereocenters. The number of rotatable bonds is 2. The third-order valence-corrected chi connectivity index (χ3v) is 13.3. The second-order valence-electron chi connectivity index (χ2n) is 15.3. The van der Waals surface area contributed by atoms with Gasteiger partial charge in [0.2, 0.25) is 0 Å². The highest BCUT2D eigenvalue weighted by Crippen LogP contribution is 2.76. The molecule has 5 fully saturated rings. The van der Waals surface area contributed by atoms with Crippen molar-refractivity contribution in [2.45, 2.75) is 143 Å². The first-order valence-corrected chi connectivity index (χ1v) is 14.2. The van der Waals surface area contributed by atoms with Crippen LogP contribution in [0, 0.1) is 45.3 Å². The van der Waals surface area contributed by atoms with Crippen molar-refractivity contribution >= 4 is 0 Å². The molecular weight excluding hydrogens is 408 g/mol. The Morgan fingerprint density at radius 2 is 1.36 bits per heavy atom. The lowest BCUT2D eigenvalue weighted by Gasteiger charge is -2.70. The van der Waals surface area contributed by atoms with Crippen molar-refractivity contribution in [3.05, 3.63) is 0 Å². The van der Waals surface area contributed by atoms with E-state index in [0.717, 1.165) is 31.1 Å². The molecule has 4 saturated carbocycles. The van der Waals surface area contributed by atoms with E-state index >= 15 is 0 Å².